The number of ether oxygens (including phenoxy) is 1. The number of esters is 1. The summed E-state index contributed by atoms with van der Waals surface area (Å²) < 4.78 is 43.7. The van der Waals surface area contributed by atoms with E-state index in [9.17, 15) is 27.2 Å². The van der Waals surface area contributed by atoms with E-state index in [4.69, 9.17) is 0 Å². The normalized spacial score (nSPS) is 11.1. The molecule has 0 bridgehead atoms. The number of carbonyl (C=O) groups is 3. The molecule has 0 atom stereocenters. The van der Waals surface area contributed by atoms with Gasteiger partial charge in [0.1, 0.15) is 5.82 Å². The van der Waals surface area contributed by atoms with Gasteiger partial charge in [-0.2, -0.15) is 0 Å². The van der Waals surface area contributed by atoms with E-state index in [1.807, 2.05) is 5.32 Å². The second-order valence-corrected chi connectivity index (χ2v) is 7.90. The Bertz CT molecular complexity index is 1010. The van der Waals surface area contributed by atoms with Gasteiger partial charge >= 0.3 is 5.97 Å². The molecule has 148 valence electrons. The van der Waals surface area contributed by atoms with E-state index in [1.54, 1.807) is 18.2 Å². The molecule has 2 rings (SSSR count). The third-order valence-electron chi connectivity index (χ3n) is 3.56. The van der Waals surface area contributed by atoms with Crippen molar-refractivity contribution in [3.63, 3.8) is 0 Å². The zero-order valence-electron chi connectivity index (χ0n) is 15.0. The van der Waals surface area contributed by atoms with Crippen molar-refractivity contribution in [2.75, 3.05) is 20.7 Å². The van der Waals surface area contributed by atoms with E-state index in [-0.39, 0.29) is 10.5 Å². The molecule has 0 aliphatic rings. The van der Waals surface area contributed by atoms with Crippen LogP contribution in [0.5, 0.6) is 0 Å². The quantitative estimate of drug-likeness (QED) is 0.719. The van der Waals surface area contributed by atoms with Gasteiger partial charge in [0.15, 0.2) is 6.61 Å². The van der Waals surface area contributed by atoms with Gasteiger partial charge in [-0.25, -0.2) is 21.9 Å². The number of rotatable bonds is 6. The number of benzene rings is 2. The average molecular weight is 408 g/mol. The molecule has 0 saturated carbocycles. The van der Waals surface area contributed by atoms with Crippen LogP contribution in [0.15, 0.2) is 53.4 Å². The summed E-state index contributed by atoms with van der Waals surface area (Å²) in [7, 11) is -1.33. The first-order valence-electron chi connectivity index (χ1n) is 7.91. The summed E-state index contributed by atoms with van der Waals surface area (Å²) in [5.74, 6) is -3.86. The minimum absolute atomic E-state index is 0.231. The largest absolute Gasteiger partial charge is 0.452 e. The van der Waals surface area contributed by atoms with Crippen LogP contribution in [0.3, 0.4) is 0 Å². The molecule has 28 heavy (non-hydrogen) atoms. The predicted molar refractivity (Wildman–Crippen MR) is 96.5 cm³/mol. The molecule has 0 spiro atoms. The van der Waals surface area contributed by atoms with Crippen molar-refractivity contribution in [2.24, 2.45) is 0 Å². The summed E-state index contributed by atoms with van der Waals surface area (Å²) in [6.07, 6.45) is 0. The molecule has 0 heterocycles. The topological polar surface area (TPSA) is 110 Å². The lowest BCUT2D eigenvalue weighted by atomic mass is 10.2. The number of halogens is 1. The highest BCUT2D eigenvalue weighted by Crippen LogP contribution is 2.18. The van der Waals surface area contributed by atoms with Gasteiger partial charge in [-0.15, -0.1) is 0 Å². The zero-order chi connectivity index (χ0) is 20.9. The zero-order valence-corrected chi connectivity index (χ0v) is 15.8. The van der Waals surface area contributed by atoms with Crippen molar-refractivity contribution in [3.8, 4) is 0 Å². The van der Waals surface area contributed by atoms with Crippen molar-refractivity contribution in [2.45, 2.75) is 4.90 Å². The summed E-state index contributed by atoms with van der Waals surface area (Å²) in [5, 5.41) is 2.02. The molecular weight excluding hydrogens is 391 g/mol. The van der Waals surface area contributed by atoms with Crippen molar-refractivity contribution >= 4 is 27.8 Å². The van der Waals surface area contributed by atoms with E-state index < -0.39 is 45.8 Å². The second kappa shape index (κ2) is 8.72. The number of sulfonamides is 1. The maximum atomic E-state index is 13.9. The van der Waals surface area contributed by atoms with Gasteiger partial charge in [-0.3, -0.25) is 14.9 Å². The van der Waals surface area contributed by atoms with E-state index in [1.165, 1.54) is 26.2 Å². The van der Waals surface area contributed by atoms with Crippen LogP contribution >= 0.6 is 0 Å². The second-order valence-electron chi connectivity index (χ2n) is 5.75. The van der Waals surface area contributed by atoms with Crippen LogP contribution in [0.1, 0.15) is 20.7 Å². The number of nitrogens with zero attached hydrogens (tertiary/aromatic N) is 1. The lowest BCUT2D eigenvalue weighted by Gasteiger charge is -2.12. The van der Waals surface area contributed by atoms with E-state index in [0.717, 1.165) is 22.5 Å². The highest BCUT2D eigenvalue weighted by molar-refractivity contribution is 7.89. The Morgan fingerprint density at radius 1 is 1.07 bits per heavy atom. The van der Waals surface area contributed by atoms with Crippen LogP contribution in [0, 0.1) is 5.82 Å². The number of hydrogen-bond donors (Lipinski definition) is 1. The van der Waals surface area contributed by atoms with Gasteiger partial charge in [0.2, 0.25) is 10.0 Å². The van der Waals surface area contributed by atoms with Gasteiger partial charge in [0.05, 0.1) is 10.5 Å². The van der Waals surface area contributed by atoms with Gasteiger partial charge < -0.3 is 4.74 Å². The summed E-state index contributed by atoms with van der Waals surface area (Å²) in [6.45, 7) is -0.846. The predicted octanol–water partition coefficient (Wildman–Crippen LogP) is 1.19. The first kappa shape index (κ1) is 21.2. The van der Waals surface area contributed by atoms with E-state index in [0.29, 0.717) is 0 Å². The fourth-order valence-electron chi connectivity index (χ4n) is 2.07. The third kappa shape index (κ3) is 4.99. The summed E-state index contributed by atoms with van der Waals surface area (Å²) >= 11 is 0. The Morgan fingerprint density at radius 3 is 2.32 bits per heavy atom. The number of amides is 2. The van der Waals surface area contributed by atoms with E-state index >= 15 is 0 Å². The van der Waals surface area contributed by atoms with Crippen LogP contribution in [-0.2, 0) is 19.6 Å². The lowest BCUT2D eigenvalue weighted by molar-refractivity contribution is -0.123. The number of imide groups is 1. The fraction of sp³-hybridized carbons (Fsp3) is 0.167. The van der Waals surface area contributed by atoms with Gasteiger partial charge in [0.25, 0.3) is 11.8 Å². The molecular formula is C18H17FN2O6S. The van der Waals surface area contributed by atoms with Crippen molar-refractivity contribution in [3.05, 3.63) is 65.5 Å². The molecule has 2 aromatic carbocycles. The van der Waals surface area contributed by atoms with Crippen LogP contribution < -0.4 is 5.32 Å². The summed E-state index contributed by atoms with van der Waals surface area (Å²) in [4.78, 5) is 35.3. The monoisotopic (exact) mass is 408 g/mol. The van der Waals surface area contributed by atoms with Crippen molar-refractivity contribution < 1.29 is 31.9 Å². The molecule has 0 fully saturated rings. The molecule has 10 heteroatoms. The standard InChI is InChI=1S/C18H17FN2O6S/c1-21(2)28(25,26)13-8-9-15(19)14(10-13)18(24)27-11-16(22)20-17(23)12-6-4-3-5-7-12/h3-10H,11H2,1-2H3,(H,20,22,23). The third-order valence-corrected chi connectivity index (χ3v) is 5.37. The Balaban J connectivity index is 2.05. The molecule has 0 aliphatic carbocycles. The first-order chi connectivity index (χ1) is 13.1. The molecule has 1 N–H and O–H groups in total. The Kier molecular flexibility index (Phi) is 6.60. The molecule has 0 aromatic heterocycles. The van der Waals surface area contributed by atoms with Crippen molar-refractivity contribution in [1.82, 2.24) is 9.62 Å². The lowest BCUT2D eigenvalue weighted by Crippen LogP contribution is -2.34. The average Bonchev–Trinajstić information content (AvgIpc) is 2.66. The van der Waals surface area contributed by atoms with Gasteiger partial charge in [0, 0.05) is 19.7 Å². The molecule has 2 aromatic rings. The number of hydrogen-bond acceptors (Lipinski definition) is 6. The van der Waals surface area contributed by atoms with Crippen molar-refractivity contribution in [1.29, 1.82) is 0 Å². The molecule has 0 radical (unpaired) electrons. The fourth-order valence-corrected chi connectivity index (χ4v) is 2.99. The Morgan fingerprint density at radius 2 is 1.71 bits per heavy atom. The smallest absolute Gasteiger partial charge is 0.341 e. The minimum Gasteiger partial charge on any atom is -0.452 e. The molecule has 2 amide bonds. The first-order valence-corrected chi connectivity index (χ1v) is 9.35. The Hall–Kier alpha value is -3.11. The van der Waals surface area contributed by atoms with Crippen LogP contribution in [-0.4, -0.2) is 51.2 Å². The SMILES string of the molecule is CN(C)S(=O)(=O)c1ccc(F)c(C(=O)OCC(=O)NC(=O)c2ccccc2)c1. The molecule has 0 aliphatic heterocycles. The highest BCUT2D eigenvalue weighted by Gasteiger charge is 2.22. The maximum absolute atomic E-state index is 13.9. The highest BCUT2D eigenvalue weighted by atomic mass is 32.2. The van der Waals surface area contributed by atoms with E-state index in [2.05, 4.69) is 4.74 Å². The molecule has 0 saturated heterocycles. The number of nitrogens with one attached hydrogen (secondary N) is 1. The summed E-state index contributed by atoms with van der Waals surface area (Å²) in [6, 6.07) is 10.5. The van der Waals surface area contributed by atoms with Gasteiger partial charge in [-0.05, 0) is 30.3 Å². The minimum atomic E-state index is -3.89. The number of carbonyl (C=O) groups excluding carboxylic acids is 3. The van der Waals surface area contributed by atoms with Crippen LogP contribution in [0.2, 0.25) is 0 Å². The van der Waals surface area contributed by atoms with Crippen LogP contribution in [0.4, 0.5) is 4.39 Å². The summed E-state index contributed by atoms with van der Waals surface area (Å²) in [5.41, 5.74) is -0.417. The maximum Gasteiger partial charge on any atom is 0.341 e. The van der Waals surface area contributed by atoms with Crippen LogP contribution in [0.25, 0.3) is 0 Å². The Labute approximate surface area is 161 Å². The van der Waals surface area contributed by atoms with Gasteiger partial charge in [-0.1, -0.05) is 18.2 Å². The molecule has 8 nitrogen and oxygen atoms in total. The molecule has 0 unspecified atom stereocenters.